The second kappa shape index (κ2) is 8.72. The Morgan fingerprint density at radius 1 is 0.865 bits per heavy atom. The molecular formula is C28H17N3O6. The molecule has 3 amide bonds. The Bertz CT molecular complexity index is 1770. The van der Waals surface area contributed by atoms with Gasteiger partial charge in [-0.15, -0.1) is 0 Å². The number of imide groups is 1. The number of hydrogen-bond donors (Lipinski definition) is 1. The number of nitrogens with one attached hydrogen (secondary N) is 1. The second-order valence-corrected chi connectivity index (χ2v) is 8.39. The molecule has 5 aromatic rings. The fourth-order valence-electron chi connectivity index (χ4n) is 4.21. The normalized spacial score (nSPS) is 12.7. The number of amides is 3. The summed E-state index contributed by atoms with van der Waals surface area (Å²) in [6, 6.07) is 21.3. The minimum Gasteiger partial charge on any atom is -0.467 e. The highest BCUT2D eigenvalue weighted by Gasteiger charge is 2.36. The molecule has 0 saturated carbocycles. The van der Waals surface area contributed by atoms with Crippen molar-refractivity contribution in [3.63, 3.8) is 0 Å². The zero-order valence-electron chi connectivity index (χ0n) is 19.1. The van der Waals surface area contributed by atoms with E-state index in [4.69, 9.17) is 8.83 Å². The largest absolute Gasteiger partial charge is 0.467 e. The summed E-state index contributed by atoms with van der Waals surface area (Å²) in [4.78, 5) is 56.4. The van der Waals surface area contributed by atoms with Crippen molar-refractivity contribution >= 4 is 34.3 Å². The number of rotatable bonds is 5. The third kappa shape index (κ3) is 3.98. The standard InChI is InChI=1S/C28H17N3O6/c32-24(16-10-11-20-22(14-16)27(34)31(26(20)33)15-19-7-4-12-36-19)29-18-6-3-5-17(13-18)25-30-23-9-2-1-8-21(23)28(35)37-25/h1-14H,15H2,(H,29,32). The monoisotopic (exact) mass is 491 g/mol. The van der Waals surface area contributed by atoms with E-state index in [0.29, 0.717) is 27.9 Å². The first-order chi connectivity index (χ1) is 18.0. The summed E-state index contributed by atoms with van der Waals surface area (Å²) in [6.45, 7) is 0.00655. The third-order valence-corrected chi connectivity index (χ3v) is 6.03. The Labute approximate surface area is 209 Å². The van der Waals surface area contributed by atoms with Gasteiger partial charge in [-0.2, -0.15) is 0 Å². The molecule has 37 heavy (non-hydrogen) atoms. The number of para-hydroxylation sites is 1. The maximum absolute atomic E-state index is 13.0. The van der Waals surface area contributed by atoms with Crippen LogP contribution in [-0.2, 0) is 6.54 Å². The highest BCUT2D eigenvalue weighted by molar-refractivity contribution is 6.22. The van der Waals surface area contributed by atoms with Crippen LogP contribution in [0.4, 0.5) is 5.69 Å². The lowest BCUT2D eigenvalue weighted by Gasteiger charge is -2.11. The molecule has 6 rings (SSSR count). The first-order valence-electron chi connectivity index (χ1n) is 11.3. The van der Waals surface area contributed by atoms with Crippen LogP contribution in [0.25, 0.3) is 22.4 Å². The van der Waals surface area contributed by atoms with Gasteiger partial charge in [-0.05, 0) is 60.7 Å². The average Bonchev–Trinajstić information content (AvgIpc) is 3.51. The number of furan rings is 1. The number of carbonyl (C=O) groups excluding carboxylic acids is 3. The lowest BCUT2D eigenvalue weighted by atomic mass is 10.1. The van der Waals surface area contributed by atoms with Gasteiger partial charge in [0.15, 0.2) is 0 Å². The molecule has 0 unspecified atom stereocenters. The summed E-state index contributed by atoms with van der Waals surface area (Å²) in [6.07, 6.45) is 1.47. The molecule has 180 valence electrons. The van der Waals surface area contributed by atoms with Gasteiger partial charge in [0.05, 0.1) is 34.8 Å². The van der Waals surface area contributed by atoms with E-state index in [0.717, 1.165) is 4.90 Å². The topological polar surface area (TPSA) is 123 Å². The van der Waals surface area contributed by atoms with Crippen LogP contribution in [-0.4, -0.2) is 27.6 Å². The molecule has 1 N–H and O–H groups in total. The second-order valence-electron chi connectivity index (χ2n) is 8.39. The SMILES string of the molecule is O=C(Nc1cccc(-c2nc3ccccc3c(=O)o2)c1)c1ccc2c(c1)C(=O)N(Cc1ccco1)C2=O. The number of benzene rings is 3. The molecule has 0 fully saturated rings. The van der Waals surface area contributed by atoms with E-state index in [1.54, 1.807) is 60.7 Å². The minimum absolute atomic E-state index is 0.00655. The summed E-state index contributed by atoms with van der Waals surface area (Å²) in [5.74, 6) is -0.814. The van der Waals surface area contributed by atoms with Gasteiger partial charge in [0.25, 0.3) is 17.7 Å². The van der Waals surface area contributed by atoms with Gasteiger partial charge in [-0.1, -0.05) is 18.2 Å². The fraction of sp³-hybridized carbons (Fsp3) is 0.0357. The number of anilines is 1. The summed E-state index contributed by atoms with van der Waals surface area (Å²) in [5, 5.41) is 3.15. The molecule has 1 aliphatic rings. The van der Waals surface area contributed by atoms with E-state index in [1.807, 2.05) is 0 Å². The van der Waals surface area contributed by atoms with Crippen molar-refractivity contribution in [1.82, 2.24) is 9.88 Å². The van der Waals surface area contributed by atoms with Crippen LogP contribution in [0.2, 0.25) is 0 Å². The molecule has 0 bridgehead atoms. The van der Waals surface area contributed by atoms with Crippen LogP contribution in [0.1, 0.15) is 36.8 Å². The Morgan fingerprint density at radius 2 is 1.70 bits per heavy atom. The molecule has 0 saturated heterocycles. The van der Waals surface area contributed by atoms with Crippen LogP contribution in [0.15, 0.2) is 98.8 Å². The molecule has 0 spiro atoms. The predicted molar refractivity (Wildman–Crippen MR) is 133 cm³/mol. The molecule has 0 atom stereocenters. The van der Waals surface area contributed by atoms with Crippen LogP contribution in [0, 0.1) is 0 Å². The van der Waals surface area contributed by atoms with Crippen molar-refractivity contribution in [2.24, 2.45) is 0 Å². The van der Waals surface area contributed by atoms with Crippen LogP contribution < -0.4 is 10.9 Å². The predicted octanol–water partition coefficient (Wildman–Crippen LogP) is 4.50. The lowest BCUT2D eigenvalue weighted by molar-refractivity contribution is 0.0631. The first kappa shape index (κ1) is 22.2. The number of fused-ring (bicyclic) bond motifs is 2. The van der Waals surface area contributed by atoms with E-state index < -0.39 is 23.3 Å². The molecule has 3 heterocycles. The van der Waals surface area contributed by atoms with E-state index in [-0.39, 0.29) is 29.1 Å². The summed E-state index contributed by atoms with van der Waals surface area (Å²) in [7, 11) is 0. The number of carbonyl (C=O) groups is 3. The maximum Gasteiger partial charge on any atom is 0.347 e. The number of aromatic nitrogens is 1. The van der Waals surface area contributed by atoms with Gasteiger partial charge in [-0.3, -0.25) is 19.3 Å². The summed E-state index contributed by atoms with van der Waals surface area (Å²) < 4.78 is 10.6. The van der Waals surface area contributed by atoms with Gasteiger partial charge in [0, 0.05) is 16.8 Å². The van der Waals surface area contributed by atoms with E-state index in [9.17, 15) is 19.2 Å². The molecule has 2 aromatic heterocycles. The summed E-state index contributed by atoms with van der Waals surface area (Å²) >= 11 is 0. The quantitative estimate of drug-likeness (QED) is 0.359. The Morgan fingerprint density at radius 3 is 2.54 bits per heavy atom. The van der Waals surface area contributed by atoms with Crippen molar-refractivity contribution < 1.29 is 23.2 Å². The highest BCUT2D eigenvalue weighted by Crippen LogP contribution is 2.27. The fourth-order valence-corrected chi connectivity index (χ4v) is 4.21. The minimum atomic E-state index is -0.506. The van der Waals surface area contributed by atoms with E-state index >= 15 is 0 Å². The van der Waals surface area contributed by atoms with Crippen molar-refractivity contribution in [3.05, 3.63) is 118 Å². The van der Waals surface area contributed by atoms with Crippen molar-refractivity contribution in [2.75, 3.05) is 5.32 Å². The van der Waals surface area contributed by atoms with Crippen LogP contribution in [0.5, 0.6) is 0 Å². The van der Waals surface area contributed by atoms with Gasteiger partial charge < -0.3 is 14.2 Å². The highest BCUT2D eigenvalue weighted by atomic mass is 16.4. The van der Waals surface area contributed by atoms with Crippen molar-refractivity contribution in [3.8, 4) is 11.5 Å². The zero-order chi connectivity index (χ0) is 25.5. The molecule has 3 aromatic carbocycles. The molecule has 9 heteroatoms. The van der Waals surface area contributed by atoms with E-state index in [2.05, 4.69) is 10.3 Å². The van der Waals surface area contributed by atoms with Gasteiger partial charge in [-0.25, -0.2) is 9.78 Å². The smallest absolute Gasteiger partial charge is 0.347 e. The van der Waals surface area contributed by atoms with Crippen molar-refractivity contribution in [1.29, 1.82) is 0 Å². The first-order valence-corrected chi connectivity index (χ1v) is 11.3. The van der Waals surface area contributed by atoms with Crippen molar-refractivity contribution in [2.45, 2.75) is 6.54 Å². The molecular weight excluding hydrogens is 474 g/mol. The summed E-state index contributed by atoms with van der Waals surface area (Å²) in [5.41, 5.74) is 1.52. The number of hydrogen-bond acceptors (Lipinski definition) is 7. The zero-order valence-corrected chi connectivity index (χ0v) is 19.1. The molecule has 1 aliphatic heterocycles. The van der Waals surface area contributed by atoms with Gasteiger partial charge >= 0.3 is 5.63 Å². The van der Waals surface area contributed by atoms with Gasteiger partial charge in [0.1, 0.15) is 5.76 Å². The Hall–Kier alpha value is -5.31. The molecule has 9 nitrogen and oxygen atoms in total. The Kier molecular flexibility index (Phi) is 5.23. The van der Waals surface area contributed by atoms with Crippen LogP contribution >= 0.6 is 0 Å². The maximum atomic E-state index is 13.0. The van der Waals surface area contributed by atoms with E-state index in [1.165, 1.54) is 24.5 Å². The average molecular weight is 491 g/mol. The third-order valence-electron chi connectivity index (χ3n) is 6.03. The Balaban J connectivity index is 1.24. The van der Waals surface area contributed by atoms with Gasteiger partial charge in [0.2, 0.25) is 5.89 Å². The van der Waals surface area contributed by atoms with Crippen LogP contribution in [0.3, 0.4) is 0 Å². The molecule has 0 aliphatic carbocycles. The molecule has 0 radical (unpaired) electrons. The number of nitrogens with zero attached hydrogens (tertiary/aromatic N) is 2. The lowest BCUT2D eigenvalue weighted by Crippen LogP contribution is -2.28.